The SMILES string of the molecule is CCc1cc2c(s1)CCO[C@@]21CCN(Cc2cnc(N[C@@H]3C(=O)NC[C@H]3O)nc2)[C@@H](C)C1. The molecule has 5 heterocycles. The number of nitrogens with zero attached hydrogens (tertiary/aromatic N) is 3. The minimum absolute atomic E-state index is 0.139. The van der Waals surface area contributed by atoms with Crippen LogP contribution in [0.15, 0.2) is 18.5 Å². The molecule has 2 fully saturated rings. The van der Waals surface area contributed by atoms with E-state index in [0.717, 1.165) is 50.9 Å². The van der Waals surface area contributed by atoms with Crippen molar-refractivity contribution in [3.63, 3.8) is 0 Å². The number of thiophene rings is 1. The average Bonchev–Trinajstić information content (AvgIpc) is 3.36. The van der Waals surface area contributed by atoms with Gasteiger partial charge in [0.15, 0.2) is 0 Å². The highest BCUT2D eigenvalue weighted by Gasteiger charge is 2.44. The topological polar surface area (TPSA) is 99.6 Å². The van der Waals surface area contributed by atoms with Crippen LogP contribution >= 0.6 is 11.3 Å². The van der Waals surface area contributed by atoms with Crippen LogP contribution in [0.4, 0.5) is 5.95 Å². The van der Waals surface area contributed by atoms with Crippen LogP contribution in [0.3, 0.4) is 0 Å². The molecule has 4 atom stereocenters. The first-order chi connectivity index (χ1) is 15.5. The Morgan fingerprint density at radius 3 is 2.91 bits per heavy atom. The number of ether oxygens (including phenoxy) is 1. The van der Waals surface area contributed by atoms with E-state index in [0.29, 0.717) is 12.0 Å². The number of β-amino-alcohol motifs (C(OH)–C–C–N with tert-alkyl or cyclic N) is 1. The molecule has 0 aliphatic carbocycles. The van der Waals surface area contributed by atoms with Crippen molar-refractivity contribution in [2.24, 2.45) is 0 Å². The van der Waals surface area contributed by atoms with E-state index in [9.17, 15) is 9.90 Å². The van der Waals surface area contributed by atoms with E-state index < -0.39 is 12.1 Å². The van der Waals surface area contributed by atoms with Crippen molar-refractivity contribution in [3.8, 4) is 0 Å². The fourth-order valence-corrected chi connectivity index (χ4v) is 6.34. The average molecular weight is 458 g/mol. The summed E-state index contributed by atoms with van der Waals surface area (Å²) >= 11 is 1.96. The second-order valence-corrected chi connectivity index (χ2v) is 10.3. The largest absolute Gasteiger partial charge is 0.389 e. The first-order valence-corrected chi connectivity index (χ1v) is 12.3. The molecule has 9 heteroatoms. The molecule has 172 valence electrons. The van der Waals surface area contributed by atoms with E-state index in [-0.39, 0.29) is 18.1 Å². The zero-order valence-corrected chi connectivity index (χ0v) is 19.5. The monoisotopic (exact) mass is 457 g/mol. The number of aryl methyl sites for hydroxylation is 1. The first-order valence-electron chi connectivity index (χ1n) is 11.5. The van der Waals surface area contributed by atoms with Crippen molar-refractivity contribution in [1.82, 2.24) is 20.2 Å². The van der Waals surface area contributed by atoms with Gasteiger partial charge in [0.1, 0.15) is 12.1 Å². The molecule has 0 saturated carbocycles. The van der Waals surface area contributed by atoms with Crippen molar-refractivity contribution >= 4 is 23.2 Å². The summed E-state index contributed by atoms with van der Waals surface area (Å²) in [6, 6.07) is 2.07. The standard InChI is InChI=1S/C23H31N5O3S/c1-3-16-8-17-19(32-16)4-7-31-23(17)5-6-28(14(2)9-23)13-15-10-25-22(26-11-15)27-20-18(29)12-24-21(20)30/h8,10-11,14,18,20,29H,3-7,9,12-13H2,1-2H3,(H,24,30)(H,25,26,27)/t14-,18+,20-,23+/m0/s1. The lowest BCUT2D eigenvalue weighted by Gasteiger charge is -2.47. The Bertz CT molecular complexity index is 981. The summed E-state index contributed by atoms with van der Waals surface area (Å²) in [6.07, 6.45) is 6.95. The van der Waals surface area contributed by atoms with E-state index >= 15 is 0 Å². The van der Waals surface area contributed by atoms with Gasteiger partial charge in [0, 0.05) is 59.8 Å². The molecule has 0 bridgehead atoms. The lowest BCUT2D eigenvalue weighted by Crippen LogP contribution is -2.50. The quantitative estimate of drug-likeness (QED) is 0.630. The Kier molecular flexibility index (Phi) is 5.92. The van der Waals surface area contributed by atoms with E-state index in [4.69, 9.17) is 4.74 Å². The fourth-order valence-electron chi connectivity index (χ4n) is 5.16. The molecule has 8 nitrogen and oxygen atoms in total. The van der Waals surface area contributed by atoms with Gasteiger partial charge in [0.05, 0.1) is 12.2 Å². The van der Waals surface area contributed by atoms with Gasteiger partial charge in [0.2, 0.25) is 11.9 Å². The maximum Gasteiger partial charge on any atom is 0.245 e. The molecule has 3 N–H and O–H groups in total. The highest BCUT2D eigenvalue weighted by atomic mass is 32.1. The zero-order chi connectivity index (χ0) is 22.3. The third-order valence-corrected chi connectivity index (χ3v) is 8.33. The summed E-state index contributed by atoms with van der Waals surface area (Å²) in [7, 11) is 0. The number of piperidine rings is 1. The van der Waals surface area contributed by atoms with Gasteiger partial charge in [0.25, 0.3) is 0 Å². The van der Waals surface area contributed by atoms with E-state index in [1.807, 2.05) is 11.3 Å². The van der Waals surface area contributed by atoms with Gasteiger partial charge in [-0.1, -0.05) is 6.92 Å². The van der Waals surface area contributed by atoms with Crippen LogP contribution in [0.2, 0.25) is 0 Å². The molecule has 3 aliphatic heterocycles. The number of carbonyl (C=O) groups excluding carboxylic acids is 1. The number of amides is 1. The Labute approximate surface area is 192 Å². The molecule has 3 aliphatic rings. The predicted molar refractivity (Wildman–Crippen MR) is 123 cm³/mol. The third-order valence-electron chi connectivity index (χ3n) is 6.99. The Hall–Kier alpha value is -2.07. The number of hydrogen-bond acceptors (Lipinski definition) is 8. The molecule has 2 aromatic rings. The van der Waals surface area contributed by atoms with Crippen LogP contribution in [0.5, 0.6) is 0 Å². The van der Waals surface area contributed by atoms with Crippen molar-refractivity contribution in [2.45, 2.75) is 69.9 Å². The Morgan fingerprint density at radius 2 is 2.22 bits per heavy atom. The maximum atomic E-state index is 11.8. The molecular formula is C23H31N5O3S. The molecule has 0 radical (unpaired) electrons. The number of carbonyl (C=O) groups is 1. The normalized spacial score (nSPS) is 30.3. The molecule has 5 rings (SSSR count). The van der Waals surface area contributed by atoms with Crippen LogP contribution in [-0.2, 0) is 34.5 Å². The highest BCUT2D eigenvalue weighted by molar-refractivity contribution is 7.12. The number of fused-ring (bicyclic) bond motifs is 2. The summed E-state index contributed by atoms with van der Waals surface area (Å²) in [6.45, 7) is 7.32. The maximum absolute atomic E-state index is 11.8. The number of likely N-dealkylation sites (tertiary alicyclic amines) is 1. The van der Waals surface area contributed by atoms with Gasteiger partial charge in [-0.2, -0.15) is 0 Å². The van der Waals surface area contributed by atoms with Gasteiger partial charge in [-0.05, 0) is 37.8 Å². The van der Waals surface area contributed by atoms with E-state index in [1.165, 1.54) is 15.3 Å². The minimum atomic E-state index is -0.772. The molecule has 1 spiro atoms. The molecule has 1 amide bonds. The second kappa shape index (κ2) is 8.70. The van der Waals surface area contributed by atoms with Gasteiger partial charge in [-0.25, -0.2) is 9.97 Å². The van der Waals surface area contributed by atoms with Crippen LogP contribution in [0.25, 0.3) is 0 Å². The number of aliphatic hydroxyl groups is 1. The van der Waals surface area contributed by atoms with Crippen molar-refractivity contribution in [3.05, 3.63) is 39.3 Å². The zero-order valence-electron chi connectivity index (χ0n) is 18.6. The molecule has 2 aromatic heterocycles. The number of aromatic nitrogens is 2. The van der Waals surface area contributed by atoms with E-state index in [2.05, 4.69) is 45.4 Å². The van der Waals surface area contributed by atoms with E-state index in [1.54, 1.807) is 12.4 Å². The number of aliphatic hydroxyl groups excluding tert-OH is 1. The van der Waals surface area contributed by atoms with Crippen LogP contribution in [0, 0.1) is 0 Å². The summed E-state index contributed by atoms with van der Waals surface area (Å²) in [5.74, 6) is 0.124. The molecule has 32 heavy (non-hydrogen) atoms. The van der Waals surface area contributed by atoms with Crippen LogP contribution < -0.4 is 10.6 Å². The summed E-state index contributed by atoms with van der Waals surface area (Å²) in [4.78, 5) is 25.9. The fraction of sp³-hybridized carbons (Fsp3) is 0.609. The smallest absolute Gasteiger partial charge is 0.245 e. The first kappa shape index (κ1) is 21.8. The van der Waals surface area contributed by atoms with Gasteiger partial charge in [-0.15, -0.1) is 11.3 Å². The van der Waals surface area contributed by atoms with Crippen LogP contribution in [0.1, 0.15) is 47.6 Å². The third kappa shape index (κ3) is 4.03. The number of anilines is 1. The summed E-state index contributed by atoms with van der Waals surface area (Å²) in [5, 5.41) is 15.4. The van der Waals surface area contributed by atoms with Gasteiger partial charge < -0.3 is 20.5 Å². The van der Waals surface area contributed by atoms with Crippen molar-refractivity contribution in [2.75, 3.05) is 25.0 Å². The van der Waals surface area contributed by atoms with Crippen LogP contribution in [-0.4, -0.2) is 63.8 Å². The molecule has 0 unspecified atom stereocenters. The summed E-state index contributed by atoms with van der Waals surface area (Å²) in [5.41, 5.74) is 2.33. The van der Waals surface area contributed by atoms with Crippen molar-refractivity contribution < 1.29 is 14.6 Å². The van der Waals surface area contributed by atoms with Crippen molar-refractivity contribution in [1.29, 1.82) is 0 Å². The lowest BCUT2D eigenvalue weighted by molar-refractivity contribution is -0.120. The Morgan fingerprint density at radius 1 is 1.41 bits per heavy atom. The Balaban J connectivity index is 1.23. The lowest BCUT2D eigenvalue weighted by atomic mass is 9.79. The van der Waals surface area contributed by atoms with Gasteiger partial charge >= 0.3 is 0 Å². The van der Waals surface area contributed by atoms with Gasteiger partial charge in [-0.3, -0.25) is 9.69 Å². The minimum Gasteiger partial charge on any atom is -0.389 e. The number of hydrogen-bond donors (Lipinski definition) is 3. The molecule has 2 saturated heterocycles. The second-order valence-electron chi connectivity index (χ2n) is 9.12. The molecule has 0 aromatic carbocycles. The predicted octanol–water partition coefficient (Wildman–Crippen LogP) is 1.82. The summed E-state index contributed by atoms with van der Waals surface area (Å²) < 4.78 is 6.45. The highest BCUT2D eigenvalue weighted by Crippen LogP contribution is 2.46. The number of nitrogens with one attached hydrogen (secondary N) is 2. The number of rotatable bonds is 5. The molecular weight excluding hydrogens is 426 g/mol.